The summed E-state index contributed by atoms with van der Waals surface area (Å²) in [7, 11) is 3.81. The van der Waals surface area contributed by atoms with Gasteiger partial charge in [-0.05, 0) is 13.5 Å². The smallest absolute Gasteiger partial charge is 0.0629 e. The van der Waals surface area contributed by atoms with Gasteiger partial charge in [-0.25, -0.2) is 0 Å². The van der Waals surface area contributed by atoms with Crippen molar-refractivity contribution in [2.45, 2.75) is 31.5 Å². The van der Waals surface area contributed by atoms with E-state index in [0.29, 0.717) is 12.6 Å². The van der Waals surface area contributed by atoms with Crippen LogP contribution in [0.4, 0.5) is 0 Å². The highest BCUT2D eigenvalue weighted by molar-refractivity contribution is 4.88. The molecule has 0 bridgehead atoms. The Morgan fingerprint density at radius 1 is 1.47 bits per heavy atom. The molecule has 0 spiro atoms. The minimum absolute atomic E-state index is 0.0118. The van der Waals surface area contributed by atoms with Gasteiger partial charge in [0.1, 0.15) is 0 Å². The molecule has 1 heterocycles. The van der Waals surface area contributed by atoms with Crippen LogP contribution in [0.1, 0.15) is 13.3 Å². The maximum atomic E-state index is 9.51. The van der Waals surface area contributed by atoms with E-state index >= 15 is 0 Å². The van der Waals surface area contributed by atoms with E-state index in [9.17, 15) is 5.11 Å². The Bertz CT molecular complexity index is 216. The summed E-state index contributed by atoms with van der Waals surface area (Å²) in [6.45, 7) is 5.78. The molecule has 1 aliphatic rings. The van der Waals surface area contributed by atoms with E-state index in [1.54, 1.807) is 7.11 Å². The molecule has 0 amide bonds. The summed E-state index contributed by atoms with van der Waals surface area (Å²) in [6, 6.07) is 0.455. The number of aliphatic hydroxyl groups excluding tert-OH is 1. The van der Waals surface area contributed by atoms with Crippen molar-refractivity contribution in [1.82, 2.24) is 9.80 Å². The van der Waals surface area contributed by atoms with E-state index in [1.807, 2.05) is 0 Å². The molecule has 0 aromatic rings. The number of hydrogen-bond donors (Lipinski definition) is 2. The number of likely N-dealkylation sites (N-methyl/N-ethyl adjacent to an activating group) is 1. The molecule has 3 atom stereocenters. The molecule has 1 rings (SSSR count). The molecular formula is C12H27N3O2. The normalized spacial score (nSPS) is 27.0. The number of piperazine rings is 1. The first-order chi connectivity index (χ1) is 8.13. The van der Waals surface area contributed by atoms with E-state index in [0.717, 1.165) is 26.1 Å². The van der Waals surface area contributed by atoms with Crippen molar-refractivity contribution < 1.29 is 9.84 Å². The van der Waals surface area contributed by atoms with Crippen LogP contribution in [0.25, 0.3) is 0 Å². The molecule has 5 heteroatoms. The Morgan fingerprint density at radius 2 is 2.18 bits per heavy atom. The third-order valence-electron chi connectivity index (χ3n) is 3.79. The summed E-state index contributed by atoms with van der Waals surface area (Å²) >= 11 is 0. The molecule has 0 saturated carbocycles. The minimum atomic E-state index is -0.120. The fraction of sp³-hybridized carbons (Fsp3) is 1.00. The van der Waals surface area contributed by atoms with Crippen molar-refractivity contribution in [3.05, 3.63) is 0 Å². The van der Waals surface area contributed by atoms with Crippen LogP contribution in [-0.2, 0) is 4.74 Å². The number of hydrogen-bond acceptors (Lipinski definition) is 5. The predicted octanol–water partition coefficient (Wildman–Crippen LogP) is -0.653. The van der Waals surface area contributed by atoms with Crippen LogP contribution in [0.15, 0.2) is 0 Å². The second kappa shape index (κ2) is 7.28. The molecule has 0 radical (unpaired) electrons. The maximum absolute atomic E-state index is 9.51. The van der Waals surface area contributed by atoms with Gasteiger partial charge in [0.15, 0.2) is 0 Å². The van der Waals surface area contributed by atoms with Gasteiger partial charge < -0.3 is 20.5 Å². The topological polar surface area (TPSA) is 62.0 Å². The average molecular weight is 245 g/mol. The molecule has 0 aliphatic carbocycles. The Hall–Kier alpha value is -0.200. The van der Waals surface area contributed by atoms with Crippen molar-refractivity contribution in [2.24, 2.45) is 5.73 Å². The summed E-state index contributed by atoms with van der Waals surface area (Å²) in [5, 5.41) is 9.51. The fourth-order valence-corrected chi connectivity index (χ4v) is 2.54. The van der Waals surface area contributed by atoms with Crippen molar-refractivity contribution in [1.29, 1.82) is 0 Å². The first-order valence-corrected chi connectivity index (χ1v) is 6.43. The van der Waals surface area contributed by atoms with Crippen molar-refractivity contribution in [3.8, 4) is 0 Å². The van der Waals surface area contributed by atoms with Crippen molar-refractivity contribution >= 4 is 0 Å². The zero-order valence-electron chi connectivity index (χ0n) is 11.3. The molecule has 0 aromatic heterocycles. The summed E-state index contributed by atoms with van der Waals surface area (Å²) in [6.07, 6.45) is 1.13. The van der Waals surface area contributed by atoms with Gasteiger partial charge in [-0.3, -0.25) is 4.90 Å². The van der Waals surface area contributed by atoms with Crippen molar-refractivity contribution in [3.63, 3.8) is 0 Å². The zero-order chi connectivity index (χ0) is 12.8. The van der Waals surface area contributed by atoms with Crippen LogP contribution in [0.2, 0.25) is 0 Å². The van der Waals surface area contributed by atoms with E-state index in [2.05, 4.69) is 23.8 Å². The number of nitrogens with zero attached hydrogens (tertiary/aromatic N) is 2. The summed E-state index contributed by atoms with van der Waals surface area (Å²) < 4.78 is 5.08. The first kappa shape index (κ1) is 14.9. The highest BCUT2D eigenvalue weighted by Gasteiger charge is 2.30. The Labute approximate surface area is 105 Å². The van der Waals surface area contributed by atoms with Crippen LogP contribution in [-0.4, -0.2) is 80.0 Å². The number of aliphatic hydroxyl groups is 1. The quantitative estimate of drug-likeness (QED) is 0.651. The fourth-order valence-electron chi connectivity index (χ4n) is 2.54. The number of ether oxygens (including phenoxy) is 1. The van der Waals surface area contributed by atoms with Gasteiger partial charge in [-0.1, -0.05) is 6.92 Å². The number of methoxy groups -OCH3 is 1. The minimum Gasteiger partial charge on any atom is -0.395 e. The van der Waals surface area contributed by atoms with Crippen molar-refractivity contribution in [2.75, 3.05) is 47.0 Å². The molecule has 0 aromatic carbocycles. The summed E-state index contributed by atoms with van der Waals surface area (Å²) in [5.74, 6) is 0. The van der Waals surface area contributed by atoms with Gasteiger partial charge in [0.25, 0.3) is 0 Å². The Morgan fingerprint density at radius 3 is 2.71 bits per heavy atom. The third-order valence-corrected chi connectivity index (χ3v) is 3.79. The van der Waals surface area contributed by atoms with Gasteiger partial charge in [0.05, 0.1) is 19.3 Å². The lowest BCUT2D eigenvalue weighted by atomic mass is 10.0. The Kier molecular flexibility index (Phi) is 6.37. The lowest BCUT2D eigenvalue weighted by molar-refractivity contribution is 0.0170. The van der Waals surface area contributed by atoms with Crippen LogP contribution in [0.5, 0.6) is 0 Å². The standard InChI is InChI=1S/C12H27N3O2/c1-4-10-7-15(6-5-14(10)2)12(8-16)11(13)9-17-3/h10-12,16H,4-9,13H2,1-3H3. The summed E-state index contributed by atoms with van der Waals surface area (Å²) in [5.41, 5.74) is 6.05. The molecule has 5 nitrogen and oxygen atoms in total. The Balaban J connectivity index is 2.57. The lowest BCUT2D eigenvalue weighted by Gasteiger charge is -2.43. The van der Waals surface area contributed by atoms with E-state index < -0.39 is 0 Å². The van der Waals surface area contributed by atoms with Crippen LogP contribution >= 0.6 is 0 Å². The average Bonchev–Trinajstić information content (AvgIpc) is 2.32. The molecule has 1 saturated heterocycles. The van der Waals surface area contributed by atoms with E-state index in [1.165, 1.54) is 0 Å². The summed E-state index contributed by atoms with van der Waals surface area (Å²) in [4.78, 5) is 4.69. The molecular weight excluding hydrogens is 218 g/mol. The number of rotatable bonds is 6. The van der Waals surface area contributed by atoms with E-state index in [-0.39, 0.29) is 18.7 Å². The number of nitrogens with two attached hydrogens (primary N) is 1. The molecule has 102 valence electrons. The highest BCUT2D eigenvalue weighted by Crippen LogP contribution is 2.14. The molecule has 1 fully saturated rings. The molecule has 1 aliphatic heterocycles. The second-order valence-electron chi connectivity index (χ2n) is 4.91. The SMILES string of the molecule is CCC1CN(C(CO)C(N)COC)CCN1C. The second-order valence-corrected chi connectivity index (χ2v) is 4.91. The van der Waals surface area contributed by atoms with Gasteiger partial charge in [0.2, 0.25) is 0 Å². The van der Waals surface area contributed by atoms with Gasteiger partial charge in [0, 0.05) is 38.8 Å². The van der Waals surface area contributed by atoms with E-state index in [4.69, 9.17) is 10.5 Å². The molecule has 3 N–H and O–H groups in total. The third kappa shape index (κ3) is 3.89. The lowest BCUT2D eigenvalue weighted by Crippen LogP contribution is -2.60. The largest absolute Gasteiger partial charge is 0.395 e. The molecule has 17 heavy (non-hydrogen) atoms. The van der Waals surface area contributed by atoms with Crippen LogP contribution in [0.3, 0.4) is 0 Å². The van der Waals surface area contributed by atoms with Gasteiger partial charge in [-0.15, -0.1) is 0 Å². The molecule has 3 unspecified atom stereocenters. The predicted molar refractivity (Wildman–Crippen MR) is 69.0 cm³/mol. The maximum Gasteiger partial charge on any atom is 0.0629 e. The van der Waals surface area contributed by atoms with Crippen LogP contribution < -0.4 is 5.73 Å². The monoisotopic (exact) mass is 245 g/mol. The van der Waals surface area contributed by atoms with Gasteiger partial charge in [-0.2, -0.15) is 0 Å². The zero-order valence-corrected chi connectivity index (χ0v) is 11.3. The first-order valence-electron chi connectivity index (χ1n) is 6.43. The highest BCUT2D eigenvalue weighted by atomic mass is 16.5. The van der Waals surface area contributed by atoms with Crippen LogP contribution in [0, 0.1) is 0 Å². The van der Waals surface area contributed by atoms with Gasteiger partial charge >= 0.3 is 0 Å².